The maximum Gasteiger partial charge on any atom is 0.407 e. The minimum atomic E-state index is -0.518. The summed E-state index contributed by atoms with van der Waals surface area (Å²) < 4.78 is 5.20. The van der Waals surface area contributed by atoms with Gasteiger partial charge in [0.25, 0.3) is 5.91 Å². The number of carbonyl (C=O) groups is 2. The quantitative estimate of drug-likeness (QED) is 0.287. The standard InChI is InChI=1S/C21H35N5O3/c1-6-11-23-18(27)17-10-8-9-16(14-17)15-26-19(22-7-2)24-12-13-25-20(28)29-21(3,4)5/h8-10,14H,6-7,11-13,15H2,1-5H3,(H,23,27)(H,25,28)(H2,22,24,26). The van der Waals surface area contributed by atoms with Crippen LogP contribution in [0.2, 0.25) is 0 Å². The fraction of sp³-hybridized carbons (Fsp3) is 0.571. The third-order valence-corrected chi connectivity index (χ3v) is 3.57. The zero-order chi connectivity index (χ0) is 21.7. The highest BCUT2D eigenvalue weighted by atomic mass is 16.6. The van der Waals surface area contributed by atoms with Gasteiger partial charge in [-0.1, -0.05) is 19.1 Å². The molecule has 0 saturated carbocycles. The van der Waals surface area contributed by atoms with Gasteiger partial charge >= 0.3 is 6.09 Å². The fourth-order valence-electron chi connectivity index (χ4n) is 2.32. The summed E-state index contributed by atoms with van der Waals surface area (Å²) in [5.41, 5.74) is 1.06. The van der Waals surface area contributed by atoms with Gasteiger partial charge in [0.15, 0.2) is 5.96 Å². The summed E-state index contributed by atoms with van der Waals surface area (Å²) in [6, 6.07) is 7.44. The first-order chi connectivity index (χ1) is 13.7. The van der Waals surface area contributed by atoms with Crippen LogP contribution >= 0.6 is 0 Å². The minimum Gasteiger partial charge on any atom is -0.444 e. The largest absolute Gasteiger partial charge is 0.444 e. The average Bonchev–Trinajstić information content (AvgIpc) is 2.66. The molecule has 0 atom stereocenters. The summed E-state index contributed by atoms with van der Waals surface area (Å²) >= 11 is 0. The number of hydrogen-bond donors (Lipinski definition) is 4. The van der Waals surface area contributed by atoms with E-state index in [1.165, 1.54) is 0 Å². The Hall–Kier alpha value is -2.77. The van der Waals surface area contributed by atoms with Gasteiger partial charge in [0.2, 0.25) is 0 Å². The normalized spacial score (nSPS) is 11.6. The molecular formula is C21H35N5O3. The molecule has 0 heterocycles. The molecule has 0 aromatic heterocycles. The van der Waals surface area contributed by atoms with Crippen LogP contribution in [0.4, 0.5) is 4.79 Å². The molecule has 8 heteroatoms. The van der Waals surface area contributed by atoms with Crippen molar-refractivity contribution >= 4 is 18.0 Å². The van der Waals surface area contributed by atoms with Crippen LogP contribution in [0.25, 0.3) is 0 Å². The summed E-state index contributed by atoms with van der Waals surface area (Å²) in [7, 11) is 0. The number of amides is 2. The highest BCUT2D eigenvalue weighted by Gasteiger charge is 2.15. The predicted molar refractivity (Wildman–Crippen MR) is 116 cm³/mol. The van der Waals surface area contributed by atoms with Crippen molar-refractivity contribution in [2.45, 2.75) is 53.2 Å². The lowest BCUT2D eigenvalue weighted by molar-refractivity contribution is 0.0528. The highest BCUT2D eigenvalue weighted by molar-refractivity contribution is 5.94. The number of guanidine groups is 1. The Balaban J connectivity index is 2.55. The summed E-state index contributed by atoms with van der Waals surface area (Å²) in [5.74, 6) is 0.565. The molecule has 162 valence electrons. The molecular weight excluding hydrogens is 370 g/mol. The number of alkyl carbamates (subject to hydrolysis) is 1. The summed E-state index contributed by atoms with van der Waals surface area (Å²) in [4.78, 5) is 28.3. The number of aliphatic imine (C=N–C) groups is 1. The number of hydrogen-bond acceptors (Lipinski definition) is 4. The van der Waals surface area contributed by atoms with E-state index in [4.69, 9.17) is 4.74 Å². The van der Waals surface area contributed by atoms with Crippen LogP contribution in [0, 0.1) is 0 Å². The van der Waals surface area contributed by atoms with E-state index in [0.29, 0.717) is 44.2 Å². The Morgan fingerprint density at radius 1 is 1.00 bits per heavy atom. The number of ether oxygens (including phenoxy) is 1. The van der Waals surface area contributed by atoms with Crippen LogP contribution in [0.3, 0.4) is 0 Å². The third-order valence-electron chi connectivity index (χ3n) is 3.57. The zero-order valence-electron chi connectivity index (χ0n) is 18.2. The van der Waals surface area contributed by atoms with Gasteiger partial charge in [-0.05, 0) is 51.8 Å². The van der Waals surface area contributed by atoms with Crippen LogP contribution in [-0.2, 0) is 11.3 Å². The molecule has 1 aromatic rings. The summed E-state index contributed by atoms with van der Waals surface area (Å²) in [6.45, 7) is 12.2. The second-order valence-corrected chi connectivity index (χ2v) is 7.51. The molecule has 0 fully saturated rings. The molecule has 0 radical (unpaired) electrons. The molecule has 0 bridgehead atoms. The first-order valence-corrected chi connectivity index (χ1v) is 10.1. The van der Waals surface area contributed by atoms with Crippen molar-refractivity contribution in [2.75, 3.05) is 26.2 Å². The topological polar surface area (TPSA) is 104 Å². The van der Waals surface area contributed by atoms with Gasteiger partial charge in [0.1, 0.15) is 5.60 Å². The third kappa shape index (κ3) is 11.0. The minimum absolute atomic E-state index is 0.0732. The van der Waals surface area contributed by atoms with E-state index in [2.05, 4.69) is 26.3 Å². The van der Waals surface area contributed by atoms with E-state index in [1.807, 2.05) is 52.8 Å². The zero-order valence-corrected chi connectivity index (χ0v) is 18.2. The summed E-state index contributed by atoms with van der Waals surface area (Å²) in [5, 5.41) is 11.9. The molecule has 4 N–H and O–H groups in total. The molecule has 0 unspecified atom stereocenters. The van der Waals surface area contributed by atoms with Gasteiger partial charge < -0.3 is 26.0 Å². The van der Waals surface area contributed by atoms with E-state index in [1.54, 1.807) is 6.07 Å². The second kappa shape index (κ2) is 12.6. The molecule has 0 spiro atoms. The Bertz CT molecular complexity index is 683. The lowest BCUT2D eigenvalue weighted by Crippen LogP contribution is -2.42. The monoisotopic (exact) mass is 405 g/mol. The molecule has 29 heavy (non-hydrogen) atoms. The maximum atomic E-state index is 12.1. The Morgan fingerprint density at radius 2 is 1.72 bits per heavy atom. The molecule has 0 aliphatic carbocycles. The number of benzene rings is 1. The molecule has 2 amide bonds. The van der Waals surface area contributed by atoms with Crippen LogP contribution in [0.5, 0.6) is 0 Å². The Labute approximate surface area is 173 Å². The van der Waals surface area contributed by atoms with Crippen LogP contribution < -0.4 is 21.3 Å². The van der Waals surface area contributed by atoms with Gasteiger partial charge in [0.05, 0.1) is 6.54 Å². The van der Waals surface area contributed by atoms with Gasteiger partial charge in [-0.15, -0.1) is 0 Å². The van der Waals surface area contributed by atoms with Gasteiger partial charge in [0, 0.05) is 31.7 Å². The van der Waals surface area contributed by atoms with Crippen LogP contribution in [0.1, 0.15) is 57.0 Å². The number of carbonyl (C=O) groups excluding carboxylic acids is 2. The Morgan fingerprint density at radius 3 is 2.38 bits per heavy atom. The van der Waals surface area contributed by atoms with Crippen molar-refractivity contribution < 1.29 is 14.3 Å². The maximum absolute atomic E-state index is 12.1. The molecule has 0 saturated heterocycles. The number of rotatable bonds is 9. The van der Waals surface area contributed by atoms with Crippen molar-refractivity contribution in [1.29, 1.82) is 0 Å². The SMILES string of the molecule is CCCNC(=O)c1cccc(CN=C(NCC)NCCNC(=O)OC(C)(C)C)c1. The van der Waals surface area contributed by atoms with E-state index < -0.39 is 11.7 Å². The second-order valence-electron chi connectivity index (χ2n) is 7.51. The first kappa shape index (κ1) is 24.3. The van der Waals surface area contributed by atoms with Gasteiger partial charge in [-0.25, -0.2) is 9.79 Å². The van der Waals surface area contributed by atoms with Gasteiger partial charge in [-0.2, -0.15) is 0 Å². The van der Waals surface area contributed by atoms with Gasteiger partial charge in [-0.3, -0.25) is 4.79 Å². The predicted octanol–water partition coefficient (Wildman–Crippen LogP) is 2.41. The molecule has 8 nitrogen and oxygen atoms in total. The van der Waals surface area contributed by atoms with Crippen molar-refractivity contribution in [3.8, 4) is 0 Å². The Kier molecular flexibility index (Phi) is 10.6. The highest BCUT2D eigenvalue weighted by Crippen LogP contribution is 2.07. The van der Waals surface area contributed by atoms with Crippen LogP contribution in [0.15, 0.2) is 29.3 Å². The van der Waals surface area contributed by atoms with Crippen molar-refractivity contribution in [2.24, 2.45) is 4.99 Å². The lowest BCUT2D eigenvalue weighted by atomic mass is 10.1. The van der Waals surface area contributed by atoms with E-state index in [-0.39, 0.29) is 5.91 Å². The van der Waals surface area contributed by atoms with E-state index >= 15 is 0 Å². The molecule has 0 aliphatic heterocycles. The molecule has 0 aliphatic rings. The van der Waals surface area contributed by atoms with Crippen molar-refractivity contribution in [1.82, 2.24) is 21.3 Å². The van der Waals surface area contributed by atoms with E-state index in [9.17, 15) is 9.59 Å². The molecule has 1 rings (SSSR count). The smallest absolute Gasteiger partial charge is 0.407 e. The molecule has 1 aromatic carbocycles. The van der Waals surface area contributed by atoms with E-state index in [0.717, 1.165) is 12.0 Å². The van der Waals surface area contributed by atoms with Crippen LogP contribution in [-0.4, -0.2) is 49.7 Å². The number of nitrogens with zero attached hydrogens (tertiary/aromatic N) is 1. The number of nitrogens with one attached hydrogen (secondary N) is 4. The first-order valence-electron chi connectivity index (χ1n) is 10.1. The average molecular weight is 406 g/mol. The van der Waals surface area contributed by atoms with Crippen molar-refractivity contribution in [3.05, 3.63) is 35.4 Å². The summed E-state index contributed by atoms with van der Waals surface area (Å²) in [6.07, 6.45) is 0.454. The van der Waals surface area contributed by atoms with Crippen molar-refractivity contribution in [3.63, 3.8) is 0 Å². The fourth-order valence-corrected chi connectivity index (χ4v) is 2.32. The lowest BCUT2D eigenvalue weighted by Gasteiger charge is -2.19.